The van der Waals surface area contributed by atoms with Crippen LogP contribution in [-0.2, 0) is 14.3 Å². The van der Waals surface area contributed by atoms with Crippen molar-refractivity contribution in [2.45, 2.75) is 13.3 Å². The van der Waals surface area contributed by atoms with Gasteiger partial charge in [-0.3, -0.25) is 4.79 Å². The van der Waals surface area contributed by atoms with Gasteiger partial charge in [0.25, 0.3) is 0 Å². The lowest BCUT2D eigenvalue weighted by Gasteiger charge is -2.11. The van der Waals surface area contributed by atoms with Crippen LogP contribution in [0.15, 0.2) is 54.6 Å². The van der Waals surface area contributed by atoms with Gasteiger partial charge >= 0.3 is 11.9 Å². The number of hydrogen-bond acceptors (Lipinski definition) is 6. The van der Waals surface area contributed by atoms with Gasteiger partial charge < -0.3 is 18.9 Å². The third kappa shape index (κ3) is 6.86. The van der Waals surface area contributed by atoms with E-state index < -0.39 is 5.97 Å². The Morgan fingerprint density at radius 2 is 1.81 bits per heavy atom. The van der Waals surface area contributed by atoms with Crippen molar-refractivity contribution in [3.05, 3.63) is 60.2 Å². The molecule has 0 aromatic heterocycles. The lowest BCUT2D eigenvalue weighted by Crippen LogP contribution is -2.10. The summed E-state index contributed by atoms with van der Waals surface area (Å²) in [4.78, 5) is 23.2. The number of rotatable bonds is 9. The van der Waals surface area contributed by atoms with Gasteiger partial charge in [0, 0.05) is 6.08 Å². The zero-order chi connectivity index (χ0) is 19.5. The van der Waals surface area contributed by atoms with Gasteiger partial charge in [0.05, 0.1) is 26.7 Å². The van der Waals surface area contributed by atoms with E-state index in [1.54, 1.807) is 55.5 Å². The van der Waals surface area contributed by atoms with Crippen LogP contribution in [-0.4, -0.2) is 32.3 Å². The summed E-state index contributed by atoms with van der Waals surface area (Å²) >= 11 is 0. The summed E-state index contributed by atoms with van der Waals surface area (Å²) in [6, 6.07) is 14.0. The summed E-state index contributed by atoms with van der Waals surface area (Å²) in [5.41, 5.74) is 0.745. The highest BCUT2D eigenvalue weighted by atomic mass is 16.5. The first-order valence-corrected chi connectivity index (χ1v) is 8.53. The number of para-hydroxylation sites is 1. The van der Waals surface area contributed by atoms with Crippen LogP contribution in [0, 0.1) is 0 Å². The molecule has 0 aliphatic carbocycles. The van der Waals surface area contributed by atoms with Gasteiger partial charge in [-0.15, -0.1) is 0 Å². The molecule has 0 saturated carbocycles. The number of carbonyl (C=O) groups excluding carboxylic acids is 2. The normalized spacial score (nSPS) is 10.4. The standard InChI is InChI=1S/C21H22O6/c1-3-25-20(22)13-14-26-18-11-9-16(15-19(18)24-2)10-12-21(23)27-17-7-5-4-6-8-17/h4-12,15H,3,13-14H2,1-2H3. The van der Waals surface area contributed by atoms with Crippen LogP contribution >= 0.6 is 0 Å². The van der Waals surface area contributed by atoms with Crippen molar-refractivity contribution >= 4 is 18.0 Å². The molecule has 2 rings (SSSR count). The highest BCUT2D eigenvalue weighted by Gasteiger charge is 2.08. The molecule has 0 unspecified atom stereocenters. The summed E-state index contributed by atoms with van der Waals surface area (Å²) < 4.78 is 20.9. The summed E-state index contributed by atoms with van der Waals surface area (Å²) in [5, 5.41) is 0. The molecule has 0 aliphatic heterocycles. The molecule has 0 saturated heterocycles. The maximum atomic E-state index is 11.9. The molecule has 2 aromatic carbocycles. The Kier molecular flexibility index (Phi) is 7.91. The number of carbonyl (C=O) groups is 2. The highest BCUT2D eigenvalue weighted by molar-refractivity contribution is 5.88. The van der Waals surface area contributed by atoms with E-state index in [4.69, 9.17) is 18.9 Å². The second kappa shape index (κ2) is 10.7. The van der Waals surface area contributed by atoms with Crippen LogP contribution in [0.25, 0.3) is 6.08 Å². The predicted octanol–water partition coefficient (Wildman–Crippen LogP) is 3.65. The molecular weight excluding hydrogens is 348 g/mol. The van der Waals surface area contributed by atoms with Gasteiger partial charge in [-0.2, -0.15) is 0 Å². The Morgan fingerprint density at radius 1 is 1.04 bits per heavy atom. The molecule has 6 nitrogen and oxygen atoms in total. The van der Waals surface area contributed by atoms with Gasteiger partial charge in [0.15, 0.2) is 11.5 Å². The van der Waals surface area contributed by atoms with Crippen molar-refractivity contribution in [2.75, 3.05) is 20.3 Å². The molecular formula is C21H22O6. The first-order valence-electron chi connectivity index (χ1n) is 8.53. The lowest BCUT2D eigenvalue weighted by atomic mass is 10.2. The smallest absolute Gasteiger partial charge is 0.336 e. The van der Waals surface area contributed by atoms with Crippen LogP contribution in [0.4, 0.5) is 0 Å². The predicted molar refractivity (Wildman–Crippen MR) is 101 cm³/mol. The maximum Gasteiger partial charge on any atom is 0.336 e. The lowest BCUT2D eigenvalue weighted by molar-refractivity contribution is -0.143. The number of ether oxygens (including phenoxy) is 4. The summed E-state index contributed by atoms with van der Waals surface area (Å²) in [7, 11) is 1.52. The fourth-order valence-electron chi connectivity index (χ4n) is 2.19. The number of hydrogen-bond donors (Lipinski definition) is 0. The largest absolute Gasteiger partial charge is 0.493 e. The molecule has 6 heteroatoms. The molecule has 0 atom stereocenters. The number of esters is 2. The van der Waals surface area contributed by atoms with E-state index in [9.17, 15) is 9.59 Å². The average Bonchev–Trinajstić information content (AvgIpc) is 2.68. The van der Waals surface area contributed by atoms with Crippen molar-refractivity contribution in [3.63, 3.8) is 0 Å². The van der Waals surface area contributed by atoms with Crippen LogP contribution in [0.3, 0.4) is 0 Å². The third-order valence-corrected chi connectivity index (χ3v) is 3.43. The Balaban J connectivity index is 1.94. The summed E-state index contributed by atoms with van der Waals surface area (Å²) in [6.07, 6.45) is 3.11. The van der Waals surface area contributed by atoms with Gasteiger partial charge in [-0.05, 0) is 42.8 Å². The van der Waals surface area contributed by atoms with Crippen LogP contribution in [0.5, 0.6) is 17.2 Å². The maximum absolute atomic E-state index is 11.9. The quantitative estimate of drug-likeness (QED) is 0.381. The van der Waals surface area contributed by atoms with Crippen LogP contribution in [0.2, 0.25) is 0 Å². The van der Waals surface area contributed by atoms with Gasteiger partial charge in [-0.1, -0.05) is 24.3 Å². The minimum absolute atomic E-state index is 0.157. The number of benzene rings is 2. The first kappa shape index (κ1) is 20.0. The van der Waals surface area contributed by atoms with Gasteiger partial charge in [0.2, 0.25) is 0 Å². The Morgan fingerprint density at radius 3 is 2.52 bits per heavy atom. The molecule has 0 aliphatic rings. The SMILES string of the molecule is CCOC(=O)CCOc1ccc(C=CC(=O)Oc2ccccc2)cc1OC. The summed E-state index contributed by atoms with van der Waals surface area (Å²) in [5.74, 6) is 0.696. The Labute approximate surface area is 158 Å². The molecule has 0 heterocycles. The molecule has 0 amide bonds. The minimum Gasteiger partial charge on any atom is -0.493 e. The fourth-order valence-corrected chi connectivity index (χ4v) is 2.19. The molecule has 142 valence electrons. The van der Waals surface area contributed by atoms with Crippen LogP contribution in [0.1, 0.15) is 18.9 Å². The highest BCUT2D eigenvalue weighted by Crippen LogP contribution is 2.28. The van der Waals surface area contributed by atoms with E-state index in [-0.39, 0.29) is 19.0 Å². The number of methoxy groups -OCH3 is 1. The van der Waals surface area contributed by atoms with Crippen molar-refractivity contribution in [1.82, 2.24) is 0 Å². The van der Waals surface area contributed by atoms with Crippen molar-refractivity contribution < 1.29 is 28.5 Å². The monoisotopic (exact) mass is 370 g/mol. The summed E-state index contributed by atoms with van der Waals surface area (Å²) in [6.45, 7) is 2.29. The second-order valence-corrected chi connectivity index (χ2v) is 5.38. The van der Waals surface area contributed by atoms with Gasteiger partial charge in [-0.25, -0.2) is 4.79 Å². The Bertz CT molecular complexity index is 783. The van der Waals surface area contributed by atoms with Crippen molar-refractivity contribution in [2.24, 2.45) is 0 Å². The van der Waals surface area contributed by atoms with E-state index in [0.29, 0.717) is 23.9 Å². The van der Waals surface area contributed by atoms with E-state index >= 15 is 0 Å². The van der Waals surface area contributed by atoms with Crippen molar-refractivity contribution in [1.29, 1.82) is 0 Å². The minimum atomic E-state index is -0.477. The molecule has 2 aromatic rings. The molecule has 27 heavy (non-hydrogen) atoms. The van der Waals surface area contributed by atoms with Crippen molar-refractivity contribution in [3.8, 4) is 17.2 Å². The third-order valence-electron chi connectivity index (χ3n) is 3.43. The molecule has 0 bridgehead atoms. The molecule has 0 radical (unpaired) electrons. The first-order chi connectivity index (χ1) is 13.1. The molecule has 0 spiro atoms. The topological polar surface area (TPSA) is 71.1 Å². The zero-order valence-corrected chi connectivity index (χ0v) is 15.3. The fraction of sp³-hybridized carbons (Fsp3) is 0.238. The average molecular weight is 370 g/mol. The second-order valence-electron chi connectivity index (χ2n) is 5.38. The zero-order valence-electron chi connectivity index (χ0n) is 15.3. The van der Waals surface area contributed by atoms with Crippen LogP contribution < -0.4 is 14.2 Å². The molecule has 0 N–H and O–H groups in total. The molecule has 0 fully saturated rings. The van der Waals surface area contributed by atoms with E-state index in [2.05, 4.69) is 0 Å². The van der Waals surface area contributed by atoms with E-state index in [1.165, 1.54) is 13.2 Å². The Hall–Kier alpha value is -3.28. The van der Waals surface area contributed by atoms with Gasteiger partial charge in [0.1, 0.15) is 5.75 Å². The van der Waals surface area contributed by atoms with E-state index in [1.807, 2.05) is 6.07 Å². The van der Waals surface area contributed by atoms with E-state index in [0.717, 1.165) is 5.56 Å².